The van der Waals surface area contributed by atoms with E-state index in [-0.39, 0.29) is 6.03 Å². The Balaban J connectivity index is 1.49. The van der Waals surface area contributed by atoms with Crippen LogP contribution in [0.25, 0.3) is 11.1 Å². The molecule has 2 saturated heterocycles. The number of rotatable bonds is 2. The van der Waals surface area contributed by atoms with Gasteiger partial charge in [0.15, 0.2) is 0 Å². The maximum absolute atomic E-state index is 12.6. The Labute approximate surface area is 143 Å². The minimum Gasteiger partial charge on any atom is -0.319 e. The second kappa shape index (κ2) is 6.29. The van der Waals surface area contributed by atoms with Crippen LogP contribution in [0.1, 0.15) is 12.0 Å². The summed E-state index contributed by atoms with van der Waals surface area (Å²) in [6.45, 7) is 6.07. The van der Waals surface area contributed by atoms with Crippen LogP contribution in [-0.4, -0.2) is 48.1 Å². The van der Waals surface area contributed by atoms with Gasteiger partial charge in [-0.1, -0.05) is 36.4 Å². The normalized spacial score (nSPS) is 22.5. The number of benzene rings is 2. The van der Waals surface area contributed by atoms with Gasteiger partial charge >= 0.3 is 6.03 Å². The van der Waals surface area contributed by atoms with Gasteiger partial charge in [0.05, 0.1) is 0 Å². The van der Waals surface area contributed by atoms with E-state index in [1.807, 2.05) is 29.2 Å². The Bertz CT molecular complexity index is 744. The Morgan fingerprint density at radius 2 is 1.92 bits per heavy atom. The van der Waals surface area contributed by atoms with Gasteiger partial charge in [-0.3, -0.25) is 4.90 Å². The molecule has 2 aliphatic heterocycles. The molecule has 4 rings (SSSR count). The number of amides is 2. The third-order valence-corrected chi connectivity index (χ3v) is 5.17. The van der Waals surface area contributed by atoms with Crippen molar-refractivity contribution < 1.29 is 4.79 Å². The third-order valence-electron chi connectivity index (χ3n) is 5.17. The number of urea groups is 1. The van der Waals surface area contributed by atoms with E-state index >= 15 is 0 Å². The number of anilines is 1. The molecule has 24 heavy (non-hydrogen) atoms. The van der Waals surface area contributed by atoms with E-state index in [1.54, 1.807) is 0 Å². The fraction of sp³-hybridized carbons (Fsp3) is 0.350. The Kier molecular flexibility index (Phi) is 3.98. The lowest BCUT2D eigenvalue weighted by atomic mass is 10.0. The standard InChI is InChI=1S/C20H23N3O/c1-15-13-17(7-8-19(15)16-5-3-2-4-6-16)21-20(24)23-12-11-22-10-9-18(23)14-22/h2-8,13,18H,9-12,14H2,1H3,(H,21,24). The Morgan fingerprint density at radius 3 is 2.71 bits per heavy atom. The van der Waals surface area contributed by atoms with E-state index in [0.717, 1.165) is 38.3 Å². The molecule has 0 saturated carbocycles. The predicted octanol–water partition coefficient (Wildman–Crippen LogP) is 3.58. The quantitative estimate of drug-likeness (QED) is 0.917. The first-order valence-corrected chi connectivity index (χ1v) is 8.67. The smallest absolute Gasteiger partial charge is 0.319 e. The minimum atomic E-state index is 0.0356. The molecule has 2 fully saturated rings. The van der Waals surface area contributed by atoms with E-state index in [9.17, 15) is 4.79 Å². The second-order valence-corrected chi connectivity index (χ2v) is 6.76. The SMILES string of the molecule is Cc1cc(NC(=O)N2CCN3CCC2C3)ccc1-c1ccccc1. The van der Waals surface area contributed by atoms with Gasteiger partial charge in [0, 0.05) is 37.9 Å². The zero-order valence-corrected chi connectivity index (χ0v) is 14.0. The van der Waals surface area contributed by atoms with Gasteiger partial charge < -0.3 is 10.2 Å². The molecule has 2 atom stereocenters. The monoisotopic (exact) mass is 321 g/mol. The van der Waals surface area contributed by atoms with Crippen LogP contribution >= 0.6 is 0 Å². The van der Waals surface area contributed by atoms with Crippen molar-refractivity contribution >= 4 is 11.7 Å². The molecular weight excluding hydrogens is 298 g/mol. The summed E-state index contributed by atoms with van der Waals surface area (Å²) in [5, 5.41) is 3.08. The van der Waals surface area contributed by atoms with Crippen molar-refractivity contribution in [3.05, 3.63) is 54.1 Å². The van der Waals surface area contributed by atoms with E-state index in [1.165, 1.54) is 16.7 Å². The summed E-state index contributed by atoms with van der Waals surface area (Å²) in [6.07, 6.45) is 1.10. The van der Waals surface area contributed by atoms with Gasteiger partial charge in [0.25, 0.3) is 0 Å². The van der Waals surface area contributed by atoms with Crippen molar-refractivity contribution in [1.29, 1.82) is 0 Å². The minimum absolute atomic E-state index is 0.0356. The summed E-state index contributed by atoms with van der Waals surface area (Å²) in [4.78, 5) is 17.1. The number of piperazine rings is 1. The van der Waals surface area contributed by atoms with Gasteiger partial charge in [0.2, 0.25) is 0 Å². The highest BCUT2D eigenvalue weighted by atomic mass is 16.2. The average Bonchev–Trinajstić information content (AvgIpc) is 2.96. The van der Waals surface area contributed by atoms with Crippen LogP contribution in [0.15, 0.2) is 48.5 Å². The van der Waals surface area contributed by atoms with Crippen molar-refractivity contribution in [2.75, 3.05) is 31.5 Å². The van der Waals surface area contributed by atoms with Crippen molar-refractivity contribution in [3.8, 4) is 11.1 Å². The lowest BCUT2D eigenvalue weighted by molar-refractivity contribution is 0.153. The van der Waals surface area contributed by atoms with Crippen LogP contribution in [0.3, 0.4) is 0 Å². The van der Waals surface area contributed by atoms with Crippen LogP contribution in [0.4, 0.5) is 10.5 Å². The Morgan fingerprint density at radius 1 is 1.08 bits per heavy atom. The summed E-state index contributed by atoms with van der Waals surface area (Å²) in [6, 6.07) is 16.9. The molecule has 2 aliphatic rings. The first-order valence-electron chi connectivity index (χ1n) is 8.67. The molecule has 0 aromatic heterocycles. The number of nitrogens with one attached hydrogen (secondary N) is 1. The van der Waals surface area contributed by atoms with E-state index < -0.39 is 0 Å². The van der Waals surface area contributed by atoms with E-state index in [2.05, 4.69) is 41.4 Å². The second-order valence-electron chi connectivity index (χ2n) is 6.76. The molecular formula is C20H23N3O. The van der Waals surface area contributed by atoms with E-state index in [4.69, 9.17) is 0 Å². The van der Waals surface area contributed by atoms with Gasteiger partial charge in [-0.25, -0.2) is 4.79 Å². The average molecular weight is 321 g/mol. The number of carbonyl (C=O) groups is 1. The summed E-state index contributed by atoms with van der Waals surface area (Å²) in [5.74, 6) is 0. The zero-order chi connectivity index (χ0) is 16.5. The van der Waals surface area contributed by atoms with Crippen LogP contribution in [-0.2, 0) is 0 Å². The fourth-order valence-corrected chi connectivity index (χ4v) is 3.85. The summed E-state index contributed by atoms with van der Waals surface area (Å²) < 4.78 is 0. The highest BCUT2D eigenvalue weighted by molar-refractivity contribution is 5.90. The van der Waals surface area contributed by atoms with Crippen LogP contribution in [0.5, 0.6) is 0 Å². The highest BCUT2D eigenvalue weighted by Crippen LogP contribution is 2.26. The summed E-state index contributed by atoms with van der Waals surface area (Å²) in [5.41, 5.74) is 4.45. The molecule has 4 heteroatoms. The van der Waals surface area contributed by atoms with Crippen LogP contribution in [0.2, 0.25) is 0 Å². The summed E-state index contributed by atoms with van der Waals surface area (Å²) in [7, 11) is 0. The van der Waals surface area contributed by atoms with Crippen molar-refractivity contribution in [3.63, 3.8) is 0 Å². The van der Waals surface area contributed by atoms with Crippen molar-refractivity contribution in [1.82, 2.24) is 9.80 Å². The van der Waals surface area contributed by atoms with Gasteiger partial charge in [-0.15, -0.1) is 0 Å². The van der Waals surface area contributed by atoms with Crippen LogP contribution in [0, 0.1) is 6.92 Å². The molecule has 2 heterocycles. The van der Waals surface area contributed by atoms with Gasteiger partial charge in [-0.05, 0) is 42.2 Å². The Hall–Kier alpha value is -2.33. The van der Waals surface area contributed by atoms with Crippen LogP contribution < -0.4 is 5.32 Å². The zero-order valence-electron chi connectivity index (χ0n) is 14.0. The molecule has 2 amide bonds. The molecule has 2 aromatic rings. The highest BCUT2D eigenvalue weighted by Gasteiger charge is 2.35. The molecule has 2 bridgehead atoms. The van der Waals surface area contributed by atoms with Crippen molar-refractivity contribution in [2.24, 2.45) is 0 Å². The lowest BCUT2D eigenvalue weighted by Crippen LogP contribution is -2.51. The molecule has 0 aliphatic carbocycles. The number of carbonyl (C=O) groups excluding carboxylic acids is 1. The number of fused-ring (bicyclic) bond motifs is 2. The lowest BCUT2D eigenvalue weighted by Gasteiger charge is -2.34. The summed E-state index contributed by atoms with van der Waals surface area (Å²) >= 11 is 0. The fourth-order valence-electron chi connectivity index (χ4n) is 3.85. The first kappa shape index (κ1) is 15.2. The first-order chi connectivity index (χ1) is 11.7. The number of nitrogens with zero attached hydrogens (tertiary/aromatic N) is 2. The topological polar surface area (TPSA) is 35.6 Å². The molecule has 124 valence electrons. The predicted molar refractivity (Wildman–Crippen MR) is 97.2 cm³/mol. The number of hydrogen-bond acceptors (Lipinski definition) is 2. The van der Waals surface area contributed by atoms with Gasteiger partial charge in [-0.2, -0.15) is 0 Å². The maximum atomic E-state index is 12.6. The third kappa shape index (κ3) is 2.89. The van der Waals surface area contributed by atoms with Gasteiger partial charge in [0.1, 0.15) is 0 Å². The molecule has 1 N–H and O–H groups in total. The number of aryl methyl sites for hydroxylation is 1. The number of hydrogen-bond donors (Lipinski definition) is 1. The maximum Gasteiger partial charge on any atom is 0.322 e. The molecule has 4 nitrogen and oxygen atoms in total. The molecule has 0 spiro atoms. The largest absolute Gasteiger partial charge is 0.322 e. The molecule has 0 radical (unpaired) electrons. The molecule has 2 unspecified atom stereocenters. The molecule has 2 aromatic carbocycles. The van der Waals surface area contributed by atoms with Crippen molar-refractivity contribution in [2.45, 2.75) is 19.4 Å². The van der Waals surface area contributed by atoms with E-state index in [0.29, 0.717) is 6.04 Å².